The molecule has 1 saturated heterocycles. The van der Waals surface area contributed by atoms with Gasteiger partial charge in [-0.2, -0.15) is 28.0 Å². The number of pyridine rings is 1. The number of rotatable bonds is 15. The second-order valence-electron chi connectivity index (χ2n) is 27.6. The predicted octanol–water partition coefficient (Wildman–Crippen LogP) is 10.0. The summed E-state index contributed by atoms with van der Waals surface area (Å²) in [7, 11) is -11.5. The number of benzene rings is 3. The van der Waals surface area contributed by atoms with Gasteiger partial charge in [0.05, 0.1) is 81.3 Å². The number of nitrogens with one attached hydrogen (secondary N) is 3. The second kappa shape index (κ2) is 24.0. The quantitative estimate of drug-likeness (QED) is 0.0862. The Labute approximate surface area is 531 Å². The van der Waals surface area contributed by atoms with Gasteiger partial charge in [-0.15, -0.1) is 0 Å². The summed E-state index contributed by atoms with van der Waals surface area (Å²) in [5.74, 6) is 0.243. The van der Waals surface area contributed by atoms with E-state index in [9.17, 15) is 48.4 Å². The van der Waals surface area contributed by atoms with Crippen LogP contribution >= 0.6 is 11.6 Å². The van der Waals surface area contributed by atoms with Crippen LogP contribution in [0.1, 0.15) is 145 Å². The van der Waals surface area contributed by atoms with Crippen LogP contribution < -0.4 is 18.9 Å². The van der Waals surface area contributed by atoms with Gasteiger partial charge in [-0.25, -0.2) is 53.8 Å². The van der Waals surface area contributed by atoms with Crippen LogP contribution in [0, 0.1) is 90.5 Å². The second-order valence-corrected chi connectivity index (χ2v) is 33.2. The van der Waals surface area contributed by atoms with Gasteiger partial charge >= 0.3 is 10.2 Å². The summed E-state index contributed by atoms with van der Waals surface area (Å²) in [6.07, 6.45) is 19.5. The van der Waals surface area contributed by atoms with Gasteiger partial charge in [0.25, 0.3) is 17.7 Å². The van der Waals surface area contributed by atoms with Crippen LogP contribution in [-0.4, -0.2) is 114 Å². The minimum absolute atomic E-state index is 0.248. The Hall–Kier alpha value is -6.68. The molecule has 3 N–H and O–H groups in total. The van der Waals surface area contributed by atoms with Crippen molar-refractivity contribution >= 4 is 92.3 Å². The van der Waals surface area contributed by atoms with Crippen LogP contribution in [-0.2, 0) is 43.3 Å². The summed E-state index contributed by atoms with van der Waals surface area (Å²) in [4.78, 5) is 41.1. The number of amides is 3. The SMILES string of the molecule is Cc1nn(-c2cnc(OCC(C)C)c(Cl)c2)c2cc(F)c(C(=O)NS(C)(=O)=O)cc12.Cc1nn(CC23CC4CC(CC(C4)C2)C3)c2cc(F)c(C(=O)NS(=O)(=O)N3CCC3)cc12.Cc1nn(CC23CC4CC(CC(C4)C2)C3)c2cc(F)c(C(=O)NS(C)(=O)=O)cc12. The zero-order valence-corrected chi connectivity index (χ0v) is 55.0. The maximum absolute atomic E-state index is 15.0. The van der Waals surface area contributed by atoms with E-state index in [4.69, 9.17) is 21.4 Å². The number of aryl methyl sites for hydroxylation is 3. The van der Waals surface area contributed by atoms with Crippen molar-refractivity contribution < 1.29 is 57.5 Å². The summed E-state index contributed by atoms with van der Waals surface area (Å²) >= 11 is 6.27. The van der Waals surface area contributed by atoms with Crippen molar-refractivity contribution in [1.29, 1.82) is 0 Å². The fraction of sp³-hybridized carbons (Fsp3) is 0.540. The Morgan fingerprint density at radius 1 is 0.582 bits per heavy atom. The van der Waals surface area contributed by atoms with Crippen molar-refractivity contribution in [2.24, 2.45) is 52.3 Å². The van der Waals surface area contributed by atoms with Crippen molar-refractivity contribution in [2.45, 2.75) is 131 Å². The predicted molar refractivity (Wildman–Crippen MR) is 336 cm³/mol. The minimum Gasteiger partial charge on any atom is -0.476 e. The van der Waals surface area contributed by atoms with Gasteiger partial charge in [-0.1, -0.05) is 25.4 Å². The molecule has 9 aliphatic rings. The average Bonchev–Trinajstić information content (AvgIpc) is 1.28. The molecular formula is C63H75ClF3N11O10S3. The average molecular weight is 1340 g/mol. The largest absolute Gasteiger partial charge is 0.476 e. The van der Waals surface area contributed by atoms with E-state index in [1.165, 1.54) is 123 Å². The highest BCUT2D eigenvalue weighted by atomic mass is 35.5. The van der Waals surface area contributed by atoms with E-state index < -0.39 is 71.0 Å². The number of hydrogen-bond donors (Lipinski definition) is 3. The molecule has 3 amide bonds. The van der Waals surface area contributed by atoms with Crippen molar-refractivity contribution in [1.82, 2.24) is 52.8 Å². The standard InChI is InChI=1S/C23H29FN4O3S.C21H26FN3O3S.C19H20ClFN4O4S/c1-14-18-8-19(22(29)26-32(30,31)27-3-2-4-27)20(24)9-21(18)28(25-14)13-23-10-15-5-16(11-23)7-17(6-15)12-23;1-12-16-6-17(20(26)24-29(2,27)28)18(22)7-19(16)25(23-12)11-21-8-13-3-14(9-21)5-15(4-13)10-21;1-10(2)9-29-19-15(20)5-12(8-22-19)25-17-7-16(21)14(6-13(17)11(3)23-25)18(26)24-30(4,27)28/h8-9,15-17H,2-7,10-13H2,1H3,(H,26,29);6-7,13-15H,3-5,8-11H2,1-2H3,(H,24,26);5-8,10H,9H2,1-4H3,(H,24,26). The summed E-state index contributed by atoms with van der Waals surface area (Å²) in [5, 5.41) is 15.9. The highest BCUT2D eigenvalue weighted by Gasteiger charge is 2.52. The number of halogens is 4. The van der Waals surface area contributed by atoms with E-state index >= 15 is 4.39 Å². The third kappa shape index (κ3) is 13.5. The molecule has 8 saturated carbocycles. The first kappa shape index (κ1) is 64.4. The Morgan fingerprint density at radius 2 is 0.956 bits per heavy atom. The third-order valence-corrected chi connectivity index (χ3v) is 22.4. The Morgan fingerprint density at radius 3 is 1.32 bits per heavy atom. The van der Waals surface area contributed by atoms with Gasteiger partial charge in [-0.3, -0.25) is 23.7 Å². The van der Waals surface area contributed by atoms with E-state index in [-0.39, 0.29) is 32.9 Å². The van der Waals surface area contributed by atoms with Gasteiger partial charge < -0.3 is 4.74 Å². The summed E-state index contributed by atoms with van der Waals surface area (Å²) in [6.45, 7) is 12.2. The maximum Gasteiger partial charge on any atom is 0.304 e. The number of carbonyl (C=O) groups excluding carboxylic acids is 3. The van der Waals surface area contributed by atoms with Crippen LogP contribution in [0.5, 0.6) is 5.88 Å². The normalized spacial score (nSPS) is 24.9. The fourth-order valence-corrected chi connectivity index (χ4v) is 19.0. The highest BCUT2D eigenvalue weighted by molar-refractivity contribution is 7.89. The molecule has 3 aromatic carbocycles. The summed E-state index contributed by atoms with van der Waals surface area (Å²) in [5.41, 5.74) is 3.71. The van der Waals surface area contributed by atoms with Crippen LogP contribution in [0.25, 0.3) is 38.4 Å². The zero-order chi connectivity index (χ0) is 65.0. The van der Waals surface area contributed by atoms with E-state index in [2.05, 4.69) is 15.2 Å². The smallest absolute Gasteiger partial charge is 0.304 e. The van der Waals surface area contributed by atoms with E-state index in [0.717, 1.165) is 85.0 Å². The lowest BCUT2D eigenvalue weighted by Gasteiger charge is -2.56. The monoisotopic (exact) mass is 1330 g/mol. The molecule has 0 atom stereocenters. The first-order valence-corrected chi connectivity index (χ1v) is 36.6. The zero-order valence-electron chi connectivity index (χ0n) is 51.8. The molecule has 4 aromatic heterocycles. The third-order valence-electron chi connectivity index (χ3n) is 19.6. The molecule has 5 heterocycles. The van der Waals surface area contributed by atoms with Crippen molar-refractivity contribution in [3.05, 3.63) is 105 Å². The fourth-order valence-electron chi connectivity index (χ4n) is 16.7. The van der Waals surface area contributed by atoms with Crippen molar-refractivity contribution in [3.63, 3.8) is 0 Å². The van der Waals surface area contributed by atoms with E-state index in [0.29, 0.717) is 69.7 Å². The van der Waals surface area contributed by atoms with Gasteiger partial charge in [0.1, 0.15) is 22.5 Å². The number of aromatic nitrogens is 7. The molecule has 7 aromatic rings. The first-order valence-electron chi connectivity index (χ1n) is 31.0. The molecule has 16 rings (SSSR count). The number of nitrogens with zero attached hydrogens (tertiary/aromatic N) is 8. The molecule has 91 heavy (non-hydrogen) atoms. The number of carbonyl (C=O) groups is 3. The molecule has 0 spiro atoms. The lowest BCUT2D eigenvalue weighted by Crippen LogP contribution is -2.49. The number of sulfonamides is 2. The van der Waals surface area contributed by atoms with Crippen LogP contribution in [0.4, 0.5) is 13.2 Å². The Balaban J connectivity index is 0.000000132. The lowest BCUT2D eigenvalue weighted by atomic mass is 9.49. The minimum atomic E-state index is -3.93. The molecular weight excluding hydrogens is 1260 g/mol. The molecule has 21 nitrogen and oxygen atoms in total. The molecule has 8 aliphatic carbocycles. The highest BCUT2D eigenvalue weighted by Crippen LogP contribution is 2.62. The summed E-state index contributed by atoms with van der Waals surface area (Å²) < 4.78 is 132. The van der Waals surface area contributed by atoms with Gasteiger partial charge in [0.2, 0.25) is 25.9 Å². The number of hydrogen-bond acceptors (Lipinski definition) is 14. The Bertz CT molecular complexity index is 4400. The molecule has 0 unspecified atom stereocenters. The molecule has 28 heteroatoms. The van der Waals surface area contributed by atoms with E-state index in [1.54, 1.807) is 17.7 Å². The van der Waals surface area contributed by atoms with Crippen LogP contribution in [0.3, 0.4) is 0 Å². The van der Waals surface area contributed by atoms with Gasteiger partial charge in [0.15, 0.2) is 0 Å². The van der Waals surface area contributed by atoms with Gasteiger partial charge in [0, 0.05) is 60.5 Å². The number of ether oxygens (including phenoxy) is 1. The maximum atomic E-state index is 15.0. The molecule has 488 valence electrons. The topological polar surface area (TPSA) is 269 Å². The van der Waals surface area contributed by atoms with Crippen molar-refractivity contribution in [3.8, 4) is 11.6 Å². The molecule has 0 radical (unpaired) electrons. The summed E-state index contributed by atoms with van der Waals surface area (Å²) in [6, 6.07) is 9.52. The van der Waals surface area contributed by atoms with E-state index in [1.807, 2.05) is 46.5 Å². The first-order chi connectivity index (χ1) is 42.8. The van der Waals surface area contributed by atoms with Gasteiger partial charge in [-0.05, 0) is 181 Å². The lowest BCUT2D eigenvalue weighted by molar-refractivity contribution is -0.0631. The molecule has 8 bridgehead atoms. The molecule has 9 fully saturated rings. The Kier molecular flexibility index (Phi) is 17.0. The molecule has 1 aliphatic heterocycles. The van der Waals surface area contributed by atoms with Crippen LogP contribution in [0.2, 0.25) is 5.02 Å². The van der Waals surface area contributed by atoms with Crippen LogP contribution in [0.15, 0.2) is 48.7 Å². The number of fused-ring (bicyclic) bond motifs is 3. The van der Waals surface area contributed by atoms with Crippen molar-refractivity contribution in [2.75, 3.05) is 32.2 Å².